The van der Waals surface area contributed by atoms with E-state index in [-0.39, 0.29) is 30.6 Å². The Hall–Kier alpha value is -2.67. The van der Waals surface area contributed by atoms with E-state index >= 15 is 0 Å². The highest BCUT2D eigenvalue weighted by Crippen LogP contribution is 2.19. The molecule has 148 valence electrons. The van der Waals surface area contributed by atoms with Crippen molar-refractivity contribution in [1.29, 1.82) is 0 Å². The normalized spacial score (nSPS) is 16.1. The summed E-state index contributed by atoms with van der Waals surface area (Å²) in [6.45, 7) is 1.10. The standard InChI is InChI=1S/C20H23ClN4O3/c1-24(2)18-8-9-19(23-22-18)28-16-11-12-25(13-16)20(27)10-7-17(26)14-3-5-15(21)6-4-14/h3-6,8-9,16H,7,10-13H2,1-2H3. The Labute approximate surface area is 169 Å². The van der Waals surface area contributed by atoms with Crippen LogP contribution in [0.15, 0.2) is 36.4 Å². The highest BCUT2D eigenvalue weighted by molar-refractivity contribution is 6.30. The summed E-state index contributed by atoms with van der Waals surface area (Å²) in [6, 6.07) is 10.3. The van der Waals surface area contributed by atoms with Gasteiger partial charge in [-0.3, -0.25) is 9.59 Å². The predicted molar refractivity (Wildman–Crippen MR) is 107 cm³/mol. The molecule has 7 nitrogen and oxygen atoms in total. The maximum atomic E-state index is 12.4. The average molecular weight is 403 g/mol. The van der Waals surface area contributed by atoms with Gasteiger partial charge in [-0.2, -0.15) is 0 Å². The third-order valence-corrected chi connectivity index (χ3v) is 4.85. The number of ether oxygens (including phenoxy) is 1. The van der Waals surface area contributed by atoms with Crippen LogP contribution in [0, 0.1) is 0 Å². The summed E-state index contributed by atoms with van der Waals surface area (Å²) in [5.41, 5.74) is 0.569. The number of aromatic nitrogens is 2. The number of halogens is 1. The van der Waals surface area contributed by atoms with E-state index < -0.39 is 0 Å². The molecular weight excluding hydrogens is 380 g/mol. The molecule has 1 unspecified atom stereocenters. The van der Waals surface area contributed by atoms with E-state index in [0.29, 0.717) is 29.6 Å². The van der Waals surface area contributed by atoms with Gasteiger partial charge in [0.1, 0.15) is 6.10 Å². The fourth-order valence-electron chi connectivity index (χ4n) is 2.99. The number of likely N-dealkylation sites (tertiary alicyclic amines) is 1. The van der Waals surface area contributed by atoms with Crippen LogP contribution >= 0.6 is 11.6 Å². The quantitative estimate of drug-likeness (QED) is 0.663. The maximum Gasteiger partial charge on any atom is 0.233 e. The number of nitrogens with zero attached hydrogens (tertiary/aromatic N) is 4. The van der Waals surface area contributed by atoms with Crippen LogP contribution in [0.3, 0.4) is 0 Å². The van der Waals surface area contributed by atoms with Crippen LogP contribution in [0.25, 0.3) is 0 Å². The zero-order chi connectivity index (χ0) is 20.1. The smallest absolute Gasteiger partial charge is 0.233 e. The molecule has 2 heterocycles. The predicted octanol–water partition coefficient (Wildman–Crippen LogP) is 2.84. The van der Waals surface area contributed by atoms with Crippen LogP contribution in [0.2, 0.25) is 5.02 Å². The third-order valence-electron chi connectivity index (χ3n) is 4.60. The van der Waals surface area contributed by atoms with Crippen molar-refractivity contribution in [2.45, 2.75) is 25.4 Å². The van der Waals surface area contributed by atoms with Crippen molar-refractivity contribution in [1.82, 2.24) is 15.1 Å². The van der Waals surface area contributed by atoms with Crippen LogP contribution in [-0.2, 0) is 4.79 Å². The number of anilines is 1. The second-order valence-electron chi connectivity index (χ2n) is 6.92. The molecule has 1 amide bonds. The van der Waals surface area contributed by atoms with E-state index in [1.165, 1.54) is 0 Å². The van der Waals surface area contributed by atoms with Gasteiger partial charge < -0.3 is 14.5 Å². The molecule has 0 N–H and O–H groups in total. The van der Waals surface area contributed by atoms with Crippen molar-refractivity contribution >= 4 is 29.1 Å². The van der Waals surface area contributed by atoms with Gasteiger partial charge in [-0.25, -0.2) is 0 Å². The van der Waals surface area contributed by atoms with Crippen molar-refractivity contribution in [3.8, 4) is 5.88 Å². The summed E-state index contributed by atoms with van der Waals surface area (Å²) >= 11 is 5.83. The van der Waals surface area contributed by atoms with Crippen LogP contribution in [0.1, 0.15) is 29.6 Å². The van der Waals surface area contributed by atoms with Crippen LogP contribution < -0.4 is 9.64 Å². The van der Waals surface area contributed by atoms with E-state index in [4.69, 9.17) is 16.3 Å². The van der Waals surface area contributed by atoms with E-state index in [9.17, 15) is 9.59 Å². The monoisotopic (exact) mass is 402 g/mol. The van der Waals surface area contributed by atoms with Gasteiger partial charge in [0.05, 0.1) is 6.54 Å². The molecule has 1 aromatic heterocycles. The second kappa shape index (κ2) is 9.01. The molecule has 0 saturated carbocycles. The van der Waals surface area contributed by atoms with Crippen molar-refractivity contribution in [2.24, 2.45) is 0 Å². The van der Waals surface area contributed by atoms with Crippen LogP contribution in [0.4, 0.5) is 5.82 Å². The molecule has 1 atom stereocenters. The third kappa shape index (κ3) is 5.19. The summed E-state index contributed by atoms with van der Waals surface area (Å²) in [4.78, 5) is 28.2. The molecule has 1 aliphatic rings. The molecule has 3 rings (SSSR count). The Morgan fingerprint density at radius 3 is 2.54 bits per heavy atom. The SMILES string of the molecule is CN(C)c1ccc(OC2CCN(C(=O)CCC(=O)c3ccc(Cl)cc3)C2)nn1. The Kier molecular flexibility index (Phi) is 6.46. The average Bonchev–Trinajstić information content (AvgIpc) is 3.15. The minimum Gasteiger partial charge on any atom is -0.471 e. The fraction of sp³-hybridized carbons (Fsp3) is 0.400. The highest BCUT2D eigenvalue weighted by atomic mass is 35.5. The summed E-state index contributed by atoms with van der Waals surface area (Å²) in [5.74, 6) is 1.10. The van der Waals surface area contributed by atoms with Gasteiger partial charge in [-0.1, -0.05) is 11.6 Å². The molecule has 1 aliphatic heterocycles. The molecule has 0 aliphatic carbocycles. The first-order valence-corrected chi connectivity index (χ1v) is 9.54. The molecule has 0 bridgehead atoms. The maximum absolute atomic E-state index is 12.4. The Morgan fingerprint density at radius 1 is 1.14 bits per heavy atom. The Bertz CT molecular complexity index is 824. The molecule has 1 saturated heterocycles. The number of Topliss-reactive ketones (excluding diaryl/α,β-unsaturated/α-hetero) is 1. The molecular formula is C20H23ClN4O3. The largest absolute Gasteiger partial charge is 0.471 e. The number of ketones is 1. The van der Waals surface area contributed by atoms with Crippen molar-refractivity contribution in [3.05, 3.63) is 47.0 Å². The van der Waals surface area contributed by atoms with Crippen molar-refractivity contribution in [3.63, 3.8) is 0 Å². The van der Waals surface area contributed by atoms with E-state index in [2.05, 4.69) is 10.2 Å². The van der Waals surface area contributed by atoms with E-state index in [0.717, 1.165) is 12.2 Å². The lowest BCUT2D eigenvalue weighted by Crippen LogP contribution is -2.31. The van der Waals surface area contributed by atoms with Crippen molar-refractivity contribution in [2.75, 3.05) is 32.1 Å². The van der Waals surface area contributed by atoms with Gasteiger partial charge in [0, 0.05) is 56.6 Å². The topological polar surface area (TPSA) is 75.6 Å². The highest BCUT2D eigenvalue weighted by Gasteiger charge is 2.28. The molecule has 8 heteroatoms. The number of benzene rings is 1. The lowest BCUT2D eigenvalue weighted by molar-refractivity contribution is -0.130. The number of carbonyl (C=O) groups excluding carboxylic acids is 2. The van der Waals surface area contributed by atoms with Gasteiger partial charge >= 0.3 is 0 Å². The van der Waals surface area contributed by atoms with Crippen LogP contribution in [0.5, 0.6) is 5.88 Å². The van der Waals surface area contributed by atoms with Gasteiger partial charge in [0.25, 0.3) is 0 Å². The zero-order valence-electron chi connectivity index (χ0n) is 16.0. The first-order chi connectivity index (χ1) is 13.4. The second-order valence-corrected chi connectivity index (χ2v) is 7.36. The van der Waals surface area contributed by atoms with Gasteiger partial charge in [-0.15, -0.1) is 10.2 Å². The minimum absolute atomic E-state index is 0.0394. The number of carbonyl (C=O) groups is 2. The molecule has 1 aromatic carbocycles. The lowest BCUT2D eigenvalue weighted by atomic mass is 10.1. The van der Waals surface area contributed by atoms with Gasteiger partial charge in [-0.05, 0) is 30.3 Å². The molecule has 1 fully saturated rings. The first-order valence-electron chi connectivity index (χ1n) is 9.16. The number of hydrogen-bond donors (Lipinski definition) is 0. The number of amides is 1. The molecule has 28 heavy (non-hydrogen) atoms. The van der Waals surface area contributed by atoms with Gasteiger partial charge in [0.2, 0.25) is 11.8 Å². The minimum atomic E-state index is -0.115. The molecule has 0 radical (unpaired) electrons. The molecule has 0 spiro atoms. The number of hydrogen-bond acceptors (Lipinski definition) is 6. The molecule has 2 aromatic rings. The summed E-state index contributed by atoms with van der Waals surface area (Å²) in [6.07, 6.45) is 0.981. The summed E-state index contributed by atoms with van der Waals surface area (Å²) in [5, 5.41) is 8.72. The van der Waals surface area contributed by atoms with E-state index in [1.54, 1.807) is 35.2 Å². The van der Waals surface area contributed by atoms with Crippen LogP contribution in [-0.4, -0.2) is 60.1 Å². The lowest BCUT2D eigenvalue weighted by Gasteiger charge is -2.17. The fourth-order valence-corrected chi connectivity index (χ4v) is 3.12. The van der Waals surface area contributed by atoms with Gasteiger partial charge in [0.15, 0.2) is 11.6 Å². The Morgan fingerprint density at radius 2 is 1.89 bits per heavy atom. The zero-order valence-corrected chi connectivity index (χ0v) is 16.7. The summed E-state index contributed by atoms with van der Waals surface area (Å²) < 4.78 is 5.83. The van der Waals surface area contributed by atoms with E-state index in [1.807, 2.05) is 25.1 Å². The Balaban J connectivity index is 1.46. The van der Waals surface area contributed by atoms with Crippen molar-refractivity contribution < 1.29 is 14.3 Å². The summed E-state index contributed by atoms with van der Waals surface area (Å²) in [7, 11) is 3.78. The number of rotatable bonds is 7. The first kappa shape index (κ1) is 20.1.